The summed E-state index contributed by atoms with van der Waals surface area (Å²) in [5.41, 5.74) is 1.64. The summed E-state index contributed by atoms with van der Waals surface area (Å²) in [5.74, 6) is 0. The summed E-state index contributed by atoms with van der Waals surface area (Å²) < 4.78 is 37.8. The van der Waals surface area contributed by atoms with E-state index in [2.05, 4.69) is 0 Å². The van der Waals surface area contributed by atoms with E-state index in [-0.39, 0.29) is 0 Å². The molecule has 0 aromatic carbocycles. The van der Waals surface area contributed by atoms with E-state index in [1.165, 1.54) is 42.7 Å². The lowest BCUT2D eigenvalue weighted by Gasteiger charge is -2.29. The Labute approximate surface area is 117 Å². The fraction of sp³-hybridized carbons (Fsp3) is 0.800. The third-order valence-electron chi connectivity index (χ3n) is 2.57. The minimum Gasteiger partial charge on any atom is -0.495 e. The van der Waals surface area contributed by atoms with E-state index in [4.69, 9.17) is 31.3 Å². The standard InChI is InChI=1S/C10H24O7Si2/c1-8-17-10(19(14-5,15-6)16-7)9-18(11-2,12-3)13-4/h9H,8H2,1-7H3. The lowest BCUT2D eigenvalue weighted by Crippen LogP contribution is -2.50. The van der Waals surface area contributed by atoms with Crippen LogP contribution in [0.15, 0.2) is 11.1 Å². The first-order valence-corrected chi connectivity index (χ1v) is 9.23. The number of hydrogen-bond acceptors (Lipinski definition) is 7. The molecular weight excluding hydrogens is 288 g/mol. The summed E-state index contributed by atoms with van der Waals surface area (Å²) >= 11 is 0. The van der Waals surface area contributed by atoms with Gasteiger partial charge in [0.1, 0.15) is 0 Å². The molecule has 0 aromatic heterocycles. The van der Waals surface area contributed by atoms with Crippen LogP contribution in [-0.2, 0) is 31.3 Å². The minimum absolute atomic E-state index is 0.416. The molecule has 0 aliphatic carbocycles. The summed E-state index contributed by atoms with van der Waals surface area (Å²) in [6.07, 6.45) is 0. The van der Waals surface area contributed by atoms with Crippen molar-refractivity contribution < 1.29 is 31.3 Å². The average molecular weight is 312 g/mol. The molecule has 0 bridgehead atoms. The van der Waals surface area contributed by atoms with Crippen molar-refractivity contribution >= 4 is 17.6 Å². The molecule has 0 unspecified atom stereocenters. The Morgan fingerprint density at radius 2 is 1.21 bits per heavy atom. The van der Waals surface area contributed by atoms with Gasteiger partial charge in [-0.05, 0) is 6.92 Å². The van der Waals surface area contributed by atoms with E-state index in [0.717, 1.165) is 0 Å². The molecule has 0 atom stereocenters. The van der Waals surface area contributed by atoms with Crippen LogP contribution in [0.3, 0.4) is 0 Å². The van der Waals surface area contributed by atoms with Crippen LogP contribution in [0.25, 0.3) is 0 Å². The normalized spacial score (nSPS) is 13.7. The molecule has 0 rings (SSSR count). The fourth-order valence-electron chi connectivity index (χ4n) is 1.51. The van der Waals surface area contributed by atoms with Crippen LogP contribution in [0.5, 0.6) is 0 Å². The Morgan fingerprint density at radius 1 is 0.789 bits per heavy atom. The van der Waals surface area contributed by atoms with Gasteiger partial charge in [0.05, 0.1) is 6.61 Å². The topological polar surface area (TPSA) is 64.6 Å². The zero-order valence-corrected chi connectivity index (χ0v) is 14.6. The third kappa shape index (κ3) is 4.36. The molecular formula is C10H24O7Si2. The van der Waals surface area contributed by atoms with E-state index < -0.39 is 17.6 Å². The molecule has 0 aliphatic heterocycles. The molecule has 0 aliphatic rings. The number of ether oxygens (including phenoxy) is 1. The highest BCUT2D eigenvalue weighted by atomic mass is 28.4. The van der Waals surface area contributed by atoms with Gasteiger partial charge < -0.3 is 31.3 Å². The van der Waals surface area contributed by atoms with Gasteiger partial charge >= 0.3 is 17.6 Å². The molecule has 114 valence electrons. The Bertz CT molecular complexity index is 261. The first-order chi connectivity index (χ1) is 9.03. The van der Waals surface area contributed by atoms with Crippen LogP contribution >= 0.6 is 0 Å². The highest BCUT2D eigenvalue weighted by molar-refractivity contribution is 6.73. The molecule has 0 fully saturated rings. The smallest absolute Gasteiger partial charge is 0.495 e. The maximum atomic E-state index is 5.58. The van der Waals surface area contributed by atoms with Gasteiger partial charge in [-0.1, -0.05) is 0 Å². The molecule has 0 saturated carbocycles. The summed E-state index contributed by atoms with van der Waals surface area (Å²) in [7, 11) is 2.97. The zero-order chi connectivity index (χ0) is 14.9. The minimum atomic E-state index is -3.09. The number of hydrogen-bond donors (Lipinski definition) is 0. The lowest BCUT2D eigenvalue weighted by atomic mass is 10.9. The van der Waals surface area contributed by atoms with Gasteiger partial charge in [0, 0.05) is 48.4 Å². The van der Waals surface area contributed by atoms with Crippen LogP contribution in [0, 0.1) is 0 Å². The quantitative estimate of drug-likeness (QED) is 0.435. The first kappa shape index (κ1) is 18.7. The first-order valence-electron chi connectivity index (χ1n) is 5.70. The Kier molecular flexibility index (Phi) is 8.69. The highest BCUT2D eigenvalue weighted by Crippen LogP contribution is 2.22. The second kappa shape index (κ2) is 8.82. The van der Waals surface area contributed by atoms with Gasteiger partial charge in [-0.25, -0.2) is 0 Å². The fourth-order valence-corrected chi connectivity index (χ4v) is 5.43. The molecule has 0 saturated heterocycles. The van der Waals surface area contributed by atoms with Gasteiger partial charge in [0.2, 0.25) is 0 Å². The third-order valence-corrected chi connectivity index (χ3v) is 7.69. The average Bonchev–Trinajstić information content (AvgIpc) is 2.47. The van der Waals surface area contributed by atoms with Crippen LogP contribution < -0.4 is 0 Å². The largest absolute Gasteiger partial charge is 0.572 e. The van der Waals surface area contributed by atoms with Crippen molar-refractivity contribution in [3.8, 4) is 0 Å². The molecule has 0 N–H and O–H groups in total. The Hall–Kier alpha value is -0.266. The molecule has 0 heterocycles. The molecule has 0 radical (unpaired) electrons. The summed E-state index contributed by atoms with van der Waals surface area (Å²) in [4.78, 5) is 0. The van der Waals surface area contributed by atoms with E-state index in [1.54, 1.807) is 5.70 Å². The summed E-state index contributed by atoms with van der Waals surface area (Å²) in [6, 6.07) is 0. The monoisotopic (exact) mass is 312 g/mol. The molecule has 0 aromatic rings. The second-order valence-corrected chi connectivity index (χ2v) is 8.88. The van der Waals surface area contributed by atoms with E-state index in [1.807, 2.05) is 6.92 Å². The van der Waals surface area contributed by atoms with E-state index in [0.29, 0.717) is 12.0 Å². The SMILES string of the molecule is CCOC(=C[Si](OC)(OC)OC)[Si](OC)(OC)OC. The van der Waals surface area contributed by atoms with Crippen molar-refractivity contribution in [1.29, 1.82) is 0 Å². The summed E-state index contributed by atoms with van der Waals surface area (Å²) in [6.45, 7) is 2.28. The van der Waals surface area contributed by atoms with Gasteiger partial charge in [-0.3, -0.25) is 0 Å². The summed E-state index contributed by atoms with van der Waals surface area (Å²) in [5, 5.41) is 0.416. The zero-order valence-electron chi connectivity index (χ0n) is 12.6. The molecule has 0 spiro atoms. The van der Waals surface area contributed by atoms with Crippen molar-refractivity contribution in [3.05, 3.63) is 11.1 Å². The van der Waals surface area contributed by atoms with Crippen molar-refractivity contribution in [2.45, 2.75) is 6.92 Å². The predicted octanol–water partition coefficient (Wildman–Crippen LogP) is 0.741. The second-order valence-electron chi connectivity index (χ2n) is 3.33. The molecule has 19 heavy (non-hydrogen) atoms. The maximum absolute atomic E-state index is 5.58. The Morgan fingerprint density at radius 3 is 1.47 bits per heavy atom. The highest BCUT2D eigenvalue weighted by Gasteiger charge is 2.49. The van der Waals surface area contributed by atoms with Gasteiger partial charge in [0.25, 0.3) is 0 Å². The van der Waals surface area contributed by atoms with Gasteiger partial charge in [-0.2, -0.15) is 0 Å². The van der Waals surface area contributed by atoms with Gasteiger partial charge in [-0.15, -0.1) is 0 Å². The van der Waals surface area contributed by atoms with Crippen molar-refractivity contribution in [2.24, 2.45) is 0 Å². The van der Waals surface area contributed by atoms with Crippen molar-refractivity contribution in [3.63, 3.8) is 0 Å². The van der Waals surface area contributed by atoms with Crippen LogP contribution in [-0.4, -0.2) is 66.9 Å². The molecule has 9 heteroatoms. The lowest BCUT2D eigenvalue weighted by molar-refractivity contribution is 0.0976. The number of rotatable bonds is 10. The maximum Gasteiger partial charge on any atom is 0.572 e. The van der Waals surface area contributed by atoms with Crippen molar-refractivity contribution in [2.75, 3.05) is 49.3 Å². The van der Waals surface area contributed by atoms with Gasteiger partial charge in [0.15, 0.2) is 5.38 Å². The molecule has 0 amide bonds. The van der Waals surface area contributed by atoms with Crippen LogP contribution in [0.4, 0.5) is 0 Å². The Balaban J connectivity index is 5.61. The molecule has 7 nitrogen and oxygen atoms in total. The van der Waals surface area contributed by atoms with E-state index >= 15 is 0 Å². The van der Waals surface area contributed by atoms with Crippen LogP contribution in [0.2, 0.25) is 0 Å². The predicted molar refractivity (Wildman–Crippen MR) is 73.3 cm³/mol. The van der Waals surface area contributed by atoms with Crippen LogP contribution in [0.1, 0.15) is 6.92 Å². The van der Waals surface area contributed by atoms with Crippen molar-refractivity contribution in [1.82, 2.24) is 0 Å². The van der Waals surface area contributed by atoms with E-state index in [9.17, 15) is 0 Å².